The van der Waals surface area contributed by atoms with Crippen LogP contribution < -0.4 is 0 Å². The molecule has 6 nitrogen and oxygen atoms in total. The zero-order valence-electron chi connectivity index (χ0n) is 10.2. The molecule has 1 heterocycles. The fraction of sp³-hybridized carbons (Fsp3) is 0.167. The predicted molar refractivity (Wildman–Crippen MR) is 70.3 cm³/mol. The van der Waals surface area contributed by atoms with Crippen LogP contribution in [0, 0.1) is 17.0 Å². The van der Waals surface area contributed by atoms with Gasteiger partial charge in [-0.05, 0) is 6.92 Å². The number of aryl methyl sites for hydroxylation is 1. The summed E-state index contributed by atoms with van der Waals surface area (Å²) in [7, 11) is 1.30. The van der Waals surface area contributed by atoms with Crippen molar-refractivity contribution in [1.29, 1.82) is 0 Å². The lowest BCUT2D eigenvalue weighted by Gasteiger charge is -1.96. The van der Waals surface area contributed by atoms with Gasteiger partial charge in [0.2, 0.25) is 0 Å². The zero-order chi connectivity index (χ0) is 14.0. The number of non-ortho nitro benzene ring substituents is 1. The van der Waals surface area contributed by atoms with Crippen LogP contribution in [0.2, 0.25) is 0 Å². The molecule has 0 aliphatic heterocycles. The maximum atomic E-state index is 11.5. The third kappa shape index (κ3) is 2.60. The Labute approximate surface area is 112 Å². The summed E-state index contributed by atoms with van der Waals surface area (Å²) < 4.78 is 4.65. The average Bonchev–Trinajstić information content (AvgIpc) is 2.80. The highest BCUT2D eigenvalue weighted by Gasteiger charge is 2.17. The second-order valence-electron chi connectivity index (χ2n) is 3.73. The number of benzene rings is 1. The Hall–Kier alpha value is -2.28. The minimum Gasteiger partial charge on any atom is -0.465 e. The highest BCUT2D eigenvalue weighted by atomic mass is 32.1. The highest BCUT2D eigenvalue weighted by molar-refractivity contribution is 7.17. The first kappa shape index (κ1) is 13.2. The summed E-state index contributed by atoms with van der Waals surface area (Å²) in [5.41, 5.74) is 1.15. The van der Waals surface area contributed by atoms with Crippen LogP contribution in [0.25, 0.3) is 10.6 Å². The highest BCUT2D eigenvalue weighted by Crippen LogP contribution is 2.30. The van der Waals surface area contributed by atoms with Gasteiger partial charge in [-0.2, -0.15) is 0 Å². The second kappa shape index (κ2) is 5.15. The number of nitro benzene ring substituents is 1. The van der Waals surface area contributed by atoms with Crippen molar-refractivity contribution < 1.29 is 14.5 Å². The smallest absolute Gasteiger partial charge is 0.349 e. The monoisotopic (exact) mass is 278 g/mol. The summed E-state index contributed by atoms with van der Waals surface area (Å²) in [6.45, 7) is 1.70. The summed E-state index contributed by atoms with van der Waals surface area (Å²) in [6, 6.07) is 6.14. The Kier molecular flexibility index (Phi) is 3.57. The van der Waals surface area contributed by atoms with E-state index in [9.17, 15) is 14.9 Å². The van der Waals surface area contributed by atoms with Crippen molar-refractivity contribution >= 4 is 23.0 Å². The molecule has 19 heavy (non-hydrogen) atoms. The topological polar surface area (TPSA) is 82.3 Å². The number of carbonyl (C=O) groups excluding carboxylic acids is 1. The van der Waals surface area contributed by atoms with Crippen LogP contribution in [-0.2, 0) is 4.74 Å². The number of esters is 1. The van der Waals surface area contributed by atoms with Crippen LogP contribution in [0.15, 0.2) is 24.3 Å². The molecule has 2 rings (SSSR count). The van der Waals surface area contributed by atoms with Crippen molar-refractivity contribution in [3.05, 3.63) is 45.0 Å². The maximum Gasteiger partial charge on any atom is 0.349 e. The van der Waals surface area contributed by atoms with Gasteiger partial charge >= 0.3 is 5.97 Å². The molecule has 0 radical (unpaired) electrons. The lowest BCUT2D eigenvalue weighted by molar-refractivity contribution is -0.384. The minimum atomic E-state index is -0.467. The van der Waals surface area contributed by atoms with Crippen LogP contribution in [0.4, 0.5) is 5.69 Å². The van der Waals surface area contributed by atoms with Crippen LogP contribution >= 0.6 is 11.3 Å². The van der Waals surface area contributed by atoms with Gasteiger partial charge in [-0.25, -0.2) is 9.78 Å². The summed E-state index contributed by atoms with van der Waals surface area (Å²) in [5.74, 6) is -0.452. The van der Waals surface area contributed by atoms with Crippen LogP contribution in [0.1, 0.15) is 15.4 Å². The van der Waals surface area contributed by atoms with E-state index in [0.717, 1.165) is 11.3 Å². The van der Waals surface area contributed by atoms with Crippen molar-refractivity contribution in [1.82, 2.24) is 4.98 Å². The number of thiazole rings is 1. The number of carbonyl (C=O) groups is 1. The number of hydrogen-bond acceptors (Lipinski definition) is 6. The number of nitro groups is 1. The molecule has 2 aromatic rings. The standard InChI is InChI=1S/C12H10N2O4S/c1-7-10(12(15)18-2)19-11(13-7)8-4-3-5-9(6-8)14(16)17/h3-6H,1-2H3. The molecule has 0 N–H and O–H groups in total. The van der Waals surface area contributed by atoms with E-state index in [1.807, 2.05) is 0 Å². The molecule has 0 spiro atoms. The Morgan fingerprint density at radius 1 is 1.47 bits per heavy atom. The van der Waals surface area contributed by atoms with E-state index in [-0.39, 0.29) is 5.69 Å². The van der Waals surface area contributed by atoms with Gasteiger partial charge in [0.25, 0.3) is 5.69 Å². The van der Waals surface area contributed by atoms with E-state index >= 15 is 0 Å². The van der Waals surface area contributed by atoms with E-state index in [2.05, 4.69) is 9.72 Å². The molecule has 1 aromatic carbocycles. The Morgan fingerprint density at radius 3 is 2.84 bits per heavy atom. The number of hydrogen-bond donors (Lipinski definition) is 0. The van der Waals surface area contributed by atoms with E-state index < -0.39 is 10.9 Å². The predicted octanol–water partition coefficient (Wildman–Crippen LogP) is 2.81. The second-order valence-corrected chi connectivity index (χ2v) is 4.73. The fourth-order valence-electron chi connectivity index (χ4n) is 1.55. The average molecular weight is 278 g/mol. The van der Waals surface area contributed by atoms with Crippen LogP contribution in [0.3, 0.4) is 0 Å². The molecular weight excluding hydrogens is 268 g/mol. The third-order valence-corrected chi connectivity index (χ3v) is 3.66. The van der Waals surface area contributed by atoms with E-state index in [1.165, 1.54) is 19.2 Å². The van der Waals surface area contributed by atoms with Gasteiger partial charge in [-0.3, -0.25) is 10.1 Å². The summed E-state index contributed by atoms with van der Waals surface area (Å²) in [5, 5.41) is 11.3. The first-order chi connectivity index (χ1) is 9.02. The molecule has 1 aromatic heterocycles. The van der Waals surface area contributed by atoms with Crippen LogP contribution in [0.5, 0.6) is 0 Å². The van der Waals surface area contributed by atoms with Crippen molar-refractivity contribution in [2.45, 2.75) is 6.92 Å². The maximum absolute atomic E-state index is 11.5. The van der Waals surface area contributed by atoms with Gasteiger partial charge in [-0.1, -0.05) is 12.1 Å². The van der Waals surface area contributed by atoms with Gasteiger partial charge in [0.1, 0.15) is 9.88 Å². The normalized spacial score (nSPS) is 10.2. The molecule has 0 bridgehead atoms. The van der Waals surface area contributed by atoms with E-state index in [4.69, 9.17) is 0 Å². The summed E-state index contributed by atoms with van der Waals surface area (Å²) in [4.78, 5) is 26.4. The summed E-state index contributed by atoms with van der Waals surface area (Å²) in [6.07, 6.45) is 0. The molecule has 0 unspecified atom stereocenters. The van der Waals surface area contributed by atoms with Crippen molar-refractivity contribution in [3.8, 4) is 10.6 Å². The molecule has 0 fully saturated rings. The van der Waals surface area contributed by atoms with E-state index in [1.54, 1.807) is 19.1 Å². The van der Waals surface area contributed by atoms with Gasteiger partial charge in [0, 0.05) is 17.7 Å². The zero-order valence-corrected chi connectivity index (χ0v) is 11.1. The number of aromatic nitrogens is 1. The van der Waals surface area contributed by atoms with E-state index in [0.29, 0.717) is 21.1 Å². The van der Waals surface area contributed by atoms with Gasteiger partial charge in [0.05, 0.1) is 17.7 Å². The molecule has 0 saturated carbocycles. The molecule has 7 heteroatoms. The number of methoxy groups -OCH3 is 1. The van der Waals surface area contributed by atoms with Gasteiger partial charge in [-0.15, -0.1) is 11.3 Å². The Bertz CT molecular complexity index is 651. The quantitative estimate of drug-likeness (QED) is 0.490. The fourth-order valence-corrected chi connectivity index (χ4v) is 2.54. The summed E-state index contributed by atoms with van der Waals surface area (Å²) >= 11 is 1.16. The molecule has 98 valence electrons. The number of nitrogens with zero attached hydrogens (tertiary/aromatic N) is 2. The Balaban J connectivity index is 2.45. The lowest BCUT2D eigenvalue weighted by Crippen LogP contribution is -1.99. The molecule has 0 atom stereocenters. The SMILES string of the molecule is COC(=O)c1sc(-c2cccc([N+](=O)[O-])c2)nc1C. The minimum absolute atomic E-state index is 0.00929. The first-order valence-corrected chi connectivity index (χ1v) is 6.15. The number of rotatable bonds is 3. The lowest BCUT2D eigenvalue weighted by atomic mass is 10.2. The van der Waals surface area contributed by atoms with Gasteiger partial charge in [0.15, 0.2) is 0 Å². The van der Waals surface area contributed by atoms with Crippen LogP contribution in [-0.4, -0.2) is 23.0 Å². The third-order valence-electron chi connectivity index (χ3n) is 2.47. The van der Waals surface area contributed by atoms with Crippen molar-refractivity contribution in [2.75, 3.05) is 7.11 Å². The van der Waals surface area contributed by atoms with Crippen molar-refractivity contribution in [2.24, 2.45) is 0 Å². The molecule has 0 aliphatic carbocycles. The first-order valence-electron chi connectivity index (χ1n) is 5.33. The molecule has 0 aliphatic rings. The van der Waals surface area contributed by atoms with Gasteiger partial charge < -0.3 is 4.74 Å². The molecule has 0 amide bonds. The Morgan fingerprint density at radius 2 is 2.21 bits per heavy atom. The van der Waals surface area contributed by atoms with Crippen molar-refractivity contribution in [3.63, 3.8) is 0 Å². The number of ether oxygens (including phenoxy) is 1. The largest absolute Gasteiger partial charge is 0.465 e. The molecular formula is C12H10N2O4S. The molecule has 0 saturated heterocycles.